The molecule has 1 aromatic carbocycles. The highest BCUT2D eigenvalue weighted by molar-refractivity contribution is 7.80. The number of carboxylic acid groups (broad SMARTS) is 2. The van der Waals surface area contributed by atoms with Gasteiger partial charge in [-0.15, -0.1) is 0 Å². The van der Waals surface area contributed by atoms with Crippen LogP contribution in [0.2, 0.25) is 0 Å². The Balaban J connectivity index is 2.50. The third-order valence-electron chi connectivity index (χ3n) is 11.1. The van der Waals surface area contributed by atoms with Crippen LogP contribution in [-0.4, -0.2) is 151 Å². The summed E-state index contributed by atoms with van der Waals surface area (Å²) in [7, 11) is 0. The number of aromatic hydroxyl groups is 1. The van der Waals surface area contributed by atoms with E-state index in [2.05, 4.69) is 65.1 Å². The summed E-state index contributed by atoms with van der Waals surface area (Å²) in [6.45, 7) is 9.83. The van der Waals surface area contributed by atoms with E-state index in [1.165, 1.54) is 36.8 Å². The molecule has 0 aliphatic carbocycles. The number of nitrogens with zero attached hydrogens (tertiary/aromatic N) is 1. The van der Waals surface area contributed by atoms with Gasteiger partial charge in [-0.2, -0.15) is 12.6 Å². The molecule has 9 amide bonds. The summed E-state index contributed by atoms with van der Waals surface area (Å²) >= 11 is 4.26. The van der Waals surface area contributed by atoms with Gasteiger partial charge < -0.3 is 74.3 Å². The second kappa shape index (κ2) is 31.3. The lowest BCUT2D eigenvalue weighted by Crippen LogP contribution is -2.61. The van der Waals surface area contributed by atoms with Gasteiger partial charge in [0.2, 0.25) is 53.2 Å². The molecule has 0 aliphatic rings. The molecule has 8 unspecified atom stereocenters. The zero-order valence-electron chi connectivity index (χ0n) is 42.3. The highest BCUT2D eigenvalue weighted by Crippen LogP contribution is 2.14. The predicted octanol–water partition coefficient (Wildman–Crippen LogP) is -2.37. The Hall–Kier alpha value is -7.29. The van der Waals surface area contributed by atoms with E-state index in [1.54, 1.807) is 27.7 Å². The minimum Gasteiger partial charge on any atom is -0.508 e. The molecule has 0 saturated carbocycles. The largest absolute Gasteiger partial charge is 0.508 e. The molecule has 27 heteroatoms. The van der Waals surface area contributed by atoms with Crippen molar-refractivity contribution >= 4 is 77.7 Å². The van der Waals surface area contributed by atoms with Crippen LogP contribution in [-0.2, 0) is 65.6 Å². The number of nitrogens with one attached hydrogen (secondary N) is 9. The highest BCUT2D eigenvalue weighted by Gasteiger charge is 2.36. The normalized spacial score (nSPS) is 14.4. The van der Waals surface area contributed by atoms with Gasteiger partial charge in [-0.05, 0) is 61.1 Å². The first-order chi connectivity index (χ1) is 34.7. The van der Waals surface area contributed by atoms with Gasteiger partial charge in [-0.1, -0.05) is 53.7 Å². The van der Waals surface area contributed by atoms with Crippen molar-refractivity contribution < 1.29 is 68.1 Å². The molecular formula is C47H72N12O14S. The number of benzene rings is 1. The van der Waals surface area contributed by atoms with Crippen molar-refractivity contribution in [2.45, 2.75) is 141 Å². The van der Waals surface area contributed by atoms with Crippen molar-refractivity contribution in [1.82, 2.24) is 52.5 Å². The molecule has 16 N–H and O–H groups in total. The van der Waals surface area contributed by atoms with Crippen LogP contribution in [0, 0.1) is 17.8 Å². The lowest BCUT2D eigenvalue weighted by Gasteiger charge is -2.28. The second-order valence-electron chi connectivity index (χ2n) is 18.8. The van der Waals surface area contributed by atoms with Crippen molar-refractivity contribution in [3.05, 3.63) is 48.0 Å². The van der Waals surface area contributed by atoms with Crippen LogP contribution in [0.15, 0.2) is 36.8 Å². The number of imidazole rings is 1. The quantitative estimate of drug-likeness (QED) is 0.0332. The van der Waals surface area contributed by atoms with Gasteiger partial charge in [0.15, 0.2) is 0 Å². The number of H-pyrrole nitrogens is 1. The Morgan fingerprint density at radius 3 is 1.47 bits per heavy atom. The number of carbonyl (C=O) groups is 11. The topological polar surface area (TPSA) is 425 Å². The summed E-state index contributed by atoms with van der Waals surface area (Å²) < 4.78 is 0. The summed E-state index contributed by atoms with van der Waals surface area (Å²) in [6, 6.07) is -6.09. The number of phenolic OH excluding ortho intramolecular Hbond substituents is 1. The number of hydrogen-bond donors (Lipinski definition) is 15. The van der Waals surface area contributed by atoms with Crippen molar-refractivity contribution in [2.24, 2.45) is 29.2 Å². The van der Waals surface area contributed by atoms with Crippen LogP contribution in [0.3, 0.4) is 0 Å². The molecule has 1 heterocycles. The first-order valence-corrected chi connectivity index (χ1v) is 24.6. The Morgan fingerprint density at radius 1 is 0.595 bits per heavy atom. The summed E-state index contributed by atoms with van der Waals surface area (Å²) in [5.74, 6) is -12.2. The molecule has 0 spiro atoms. The molecule has 0 aliphatic heterocycles. The number of nitrogens with two attached hydrogens (primary N) is 2. The zero-order chi connectivity index (χ0) is 55.8. The Kier molecular flexibility index (Phi) is 26.6. The van der Waals surface area contributed by atoms with Gasteiger partial charge >= 0.3 is 11.9 Å². The lowest BCUT2D eigenvalue weighted by molar-refractivity contribution is -0.143. The van der Waals surface area contributed by atoms with Gasteiger partial charge in [0.1, 0.15) is 54.1 Å². The number of carbonyl (C=O) groups excluding carboxylic acids is 9. The Labute approximate surface area is 433 Å². The maximum absolute atomic E-state index is 14.3. The van der Waals surface area contributed by atoms with Crippen molar-refractivity contribution in [1.29, 1.82) is 0 Å². The molecule has 0 saturated heterocycles. The number of aromatic amines is 1. The van der Waals surface area contributed by atoms with Gasteiger partial charge in [0.05, 0.1) is 12.9 Å². The molecule has 1 aromatic heterocycles. The Morgan fingerprint density at radius 2 is 1.03 bits per heavy atom. The first kappa shape index (κ1) is 62.8. The molecule has 0 radical (unpaired) electrons. The van der Waals surface area contributed by atoms with E-state index in [0.29, 0.717) is 11.3 Å². The monoisotopic (exact) mass is 1060 g/mol. The van der Waals surface area contributed by atoms with E-state index in [0.717, 1.165) is 0 Å². The number of amides is 9. The van der Waals surface area contributed by atoms with E-state index >= 15 is 0 Å². The molecular weight excluding hydrogens is 989 g/mol. The van der Waals surface area contributed by atoms with Gasteiger partial charge in [0, 0.05) is 43.3 Å². The van der Waals surface area contributed by atoms with E-state index < -0.39 is 152 Å². The van der Waals surface area contributed by atoms with Crippen molar-refractivity contribution in [3.63, 3.8) is 0 Å². The minimum absolute atomic E-state index is 0.0133. The van der Waals surface area contributed by atoms with Crippen LogP contribution >= 0.6 is 12.6 Å². The number of rotatable bonds is 33. The summed E-state index contributed by atoms with van der Waals surface area (Å²) in [4.78, 5) is 152. The van der Waals surface area contributed by atoms with Crippen LogP contribution in [0.1, 0.15) is 91.3 Å². The maximum atomic E-state index is 14.3. The van der Waals surface area contributed by atoms with Crippen LogP contribution in [0.4, 0.5) is 0 Å². The fourth-order valence-electron chi connectivity index (χ4n) is 7.25. The third-order valence-corrected chi connectivity index (χ3v) is 11.5. The smallest absolute Gasteiger partial charge is 0.326 e. The van der Waals surface area contributed by atoms with Crippen LogP contribution < -0.4 is 54.0 Å². The fourth-order valence-corrected chi connectivity index (χ4v) is 7.51. The number of primary amides is 1. The summed E-state index contributed by atoms with van der Waals surface area (Å²) in [5, 5.41) is 49.2. The lowest BCUT2D eigenvalue weighted by atomic mass is 9.99. The maximum Gasteiger partial charge on any atom is 0.326 e. The second-order valence-corrected chi connectivity index (χ2v) is 19.2. The number of carboxylic acids is 2. The number of aromatic nitrogens is 2. The molecule has 0 bridgehead atoms. The number of hydrogen-bond acceptors (Lipinski definition) is 15. The molecule has 2 aromatic rings. The average molecular weight is 1060 g/mol. The third kappa shape index (κ3) is 22.6. The predicted molar refractivity (Wildman–Crippen MR) is 269 cm³/mol. The Bertz CT molecular complexity index is 2250. The van der Waals surface area contributed by atoms with Gasteiger partial charge in [-0.25, -0.2) is 9.78 Å². The van der Waals surface area contributed by atoms with Gasteiger partial charge in [-0.3, -0.25) is 47.9 Å². The van der Waals surface area contributed by atoms with Crippen LogP contribution in [0.5, 0.6) is 5.75 Å². The number of aliphatic carboxylic acids is 2. The van der Waals surface area contributed by atoms with Crippen molar-refractivity contribution in [3.8, 4) is 5.75 Å². The molecule has 8 atom stereocenters. The number of thiol groups is 1. The molecule has 74 heavy (non-hydrogen) atoms. The van der Waals surface area contributed by atoms with E-state index in [-0.39, 0.29) is 49.0 Å². The number of phenols is 1. The van der Waals surface area contributed by atoms with E-state index in [1.807, 2.05) is 13.8 Å². The van der Waals surface area contributed by atoms with E-state index in [4.69, 9.17) is 11.5 Å². The highest BCUT2D eigenvalue weighted by atomic mass is 32.1. The standard InChI is InChI=1S/C47H72N12O14S/c1-23(2)15-31(52-37(62)19-48)42(67)57-34(18-27-20-50-22-51-27)44(69)58-35(21-74)46(71)56-33(17-26-7-9-28(60)10-8-26)43(68)54-30(12-14-38(63)64)40(65)53-29(11-13-36(49)61)41(66)55-32(16-24(3)4)45(70)59-39(25(5)6)47(72)73/h7-10,20,22-25,29-35,39,60,74H,11-19,21,48H2,1-6H3,(H2,49,61)(H,50,51)(H,52,62)(H,53,65)(H,54,68)(H,55,66)(H,56,71)(H,57,67)(H,58,69)(H,59,70)(H,63,64)(H,72,73). The van der Waals surface area contributed by atoms with Gasteiger partial charge in [0.25, 0.3) is 0 Å². The summed E-state index contributed by atoms with van der Waals surface area (Å²) in [6.07, 6.45) is 0.290. The van der Waals surface area contributed by atoms with Crippen LogP contribution in [0.25, 0.3) is 0 Å². The van der Waals surface area contributed by atoms with Crippen molar-refractivity contribution in [2.75, 3.05) is 12.3 Å². The molecule has 410 valence electrons. The first-order valence-electron chi connectivity index (χ1n) is 24.0. The molecule has 0 fully saturated rings. The van der Waals surface area contributed by atoms with E-state index in [9.17, 15) is 68.1 Å². The summed E-state index contributed by atoms with van der Waals surface area (Å²) in [5.41, 5.74) is 11.6. The molecule has 26 nitrogen and oxygen atoms in total. The average Bonchev–Trinajstić information content (AvgIpc) is 3.84. The fraction of sp³-hybridized carbons (Fsp3) is 0.574. The SMILES string of the molecule is CC(C)CC(NC(=O)CN)C(=O)NC(Cc1cnc[nH]1)C(=O)NC(CS)C(=O)NC(Cc1ccc(O)cc1)C(=O)NC(CCC(=O)O)C(=O)NC(CCC(N)=O)C(=O)NC(CC(C)C)C(=O)NC(C(=O)O)C(C)C. The zero-order valence-corrected chi connectivity index (χ0v) is 43.2. The minimum atomic E-state index is -1.74. The molecule has 2 rings (SSSR count).